The molecule has 5 rings (SSSR count). The maximum Gasteiger partial charge on any atom is 0.353 e. The molecule has 40 heavy (non-hydrogen) atoms. The van der Waals surface area contributed by atoms with Crippen molar-refractivity contribution in [1.29, 1.82) is 0 Å². The van der Waals surface area contributed by atoms with Crippen LogP contribution in [0.5, 0.6) is 5.75 Å². The lowest BCUT2D eigenvalue weighted by Gasteiger charge is -2.41. The molecule has 1 amide bonds. The molecule has 0 saturated carbocycles. The number of para-hydroxylation sites is 1. The fourth-order valence-electron chi connectivity index (χ4n) is 4.46. The maximum absolute atomic E-state index is 13.2. The van der Waals surface area contributed by atoms with Crippen molar-refractivity contribution < 1.29 is 28.8 Å². The molecule has 2 aromatic carbocycles. The Morgan fingerprint density at radius 3 is 2.50 bits per heavy atom. The lowest BCUT2D eigenvalue weighted by atomic mass is 9.96. The van der Waals surface area contributed by atoms with Gasteiger partial charge in [0.15, 0.2) is 6.04 Å². The second-order valence-corrected chi connectivity index (χ2v) is 12.1. The average Bonchev–Trinajstić information content (AvgIpc) is 3.55. The summed E-state index contributed by atoms with van der Waals surface area (Å²) in [5.74, 6) is 1.55. The van der Waals surface area contributed by atoms with E-state index in [1.165, 1.54) is 52.3 Å². The SMILES string of the molecule is CC1(C)S[C@@H]2[C@H](N=C=C(C(=O)Oc3ccccc3)c3ccsc3)C(=O)N2[C@H]1C(=O)OCc1ccc([N+](=O)[O-])cc1. The first-order chi connectivity index (χ1) is 19.2. The van der Waals surface area contributed by atoms with E-state index in [0.29, 0.717) is 16.9 Å². The van der Waals surface area contributed by atoms with E-state index in [-0.39, 0.29) is 23.8 Å². The molecule has 2 aliphatic heterocycles. The number of thiophene rings is 1. The number of esters is 2. The van der Waals surface area contributed by atoms with Gasteiger partial charge >= 0.3 is 11.9 Å². The number of nitro groups is 1. The van der Waals surface area contributed by atoms with E-state index in [1.54, 1.807) is 35.7 Å². The number of amides is 1. The number of carbonyl (C=O) groups is 3. The van der Waals surface area contributed by atoms with E-state index in [0.717, 1.165) is 0 Å². The quantitative estimate of drug-likeness (QED) is 0.0729. The molecule has 0 unspecified atom stereocenters. The lowest BCUT2D eigenvalue weighted by molar-refractivity contribution is -0.384. The largest absolute Gasteiger partial charge is 0.459 e. The number of rotatable bonds is 8. The molecule has 3 atom stereocenters. The molecule has 0 bridgehead atoms. The average molecular weight is 578 g/mol. The van der Waals surface area contributed by atoms with Gasteiger partial charge in [-0.05, 0) is 66.4 Å². The third-order valence-corrected chi connectivity index (χ3v) is 8.69. The van der Waals surface area contributed by atoms with Gasteiger partial charge in [0.05, 0.1) is 4.92 Å². The van der Waals surface area contributed by atoms with E-state index >= 15 is 0 Å². The second kappa shape index (κ2) is 11.1. The Labute approximate surface area is 237 Å². The van der Waals surface area contributed by atoms with Gasteiger partial charge in [0.1, 0.15) is 29.3 Å². The summed E-state index contributed by atoms with van der Waals surface area (Å²) >= 11 is 2.82. The molecule has 1 aromatic heterocycles. The number of thioether (sulfide) groups is 1. The summed E-state index contributed by atoms with van der Waals surface area (Å²) < 4.78 is 10.3. The molecule has 2 aliphatic rings. The van der Waals surface area contributed by atoms with Crippen LogP contribution in [0.25, 0.3) is 5.57 Å². The van der Waals surface area contributed by atoms with Gasteiger partial charge in [-0.1, -0.05) is 18.2 Å². The predicted molar refractivity (Wildman–Crippen MR) is 150 cm³/mol. The van der Waals surface area contributed by atoms with Crippen LogP contribution in [0.4, 0.5) is 5.69 Å². The molecule has 0 aliphatic carbocycles. The van der Waals surface area contributed by atoms with Crippen molar-refractivity contribution in [1.82, 2.24) is 4.90 Å². The summed E-state index contributed by atoms with van der Waals surface area (Å²) in [6, 6.07) is 14.4. The highest BCUT2D eigenvalue weighted by atomic mass is 32.2. The van der Waals surface area contributed by atoms with E-state index in [1.807, 2.05) is 25.3 Å². The molecule has 0 spiro atoms. The van der Waals surface area contributed by atoms with Gasteiger partial charge in [-0.15, -0.1) is 11.8 Å². The number of ether oxygens (including phenoxy) is 2. The molecule has 2 fully saturated rings. The molecule has 204 valence electrons. The Hall–Kier alpha value is -4.25. The zero-order chi connectivity index (χ0) is 28.4. The highest BCUT2D eigenvalue weighted by Gasteiger charge is 2.64. The topological polar surface area (TPSA) is 128 Å². The van der Waals surface area contributed by atoms with Gasteiger partial charge < -0.3 is 14.4 Å². The van der Waals surface area contributed by atoms with E-state index in [4.69, 9.17) is 9.47 Å². The normalized spacial score (nSPS) is 20.5. The smallest absolute Gasteiger partial charge is 0.353 e. The van der Waals surface area contributed by atoms with Crippen molar-refractivity contribution >= 4 is 58.1 Å². The van der Waals surface area contributed by atoms with Crippen molar-refractivity contribution in [3.05, 3.63) is 92.7 Å². The summed E-state index contributed by atoms with van der Waals surface area (Å²) in [4.78, 5) is 55.4. The fourth-order valence-corrected chi connectivity index (χ4v) is 6.71. The fraction of sp³-hybridized carbons (Fsp3) is 0.250. The summed E-state index contributed by atoms with van der Waals surface area (Å²) in [6.07, 6.45) is 0. The van der Waals surface area contributed by atoms with Gasteiger partial charge in [-0.25, -0.2) is 14.6 Å². The first-order valence-corrected chi connectivity index (χ1v) is 14.0. The lowest BCUT2D eigenvalue weighted by Crippen LogP contribution is -2.65. The highest BCUT2D eigenvalue weighted by molar-refractivity contribution is 8.01. The van der Waals surface area contributed by atoms with Gasteiger partial charge in [0, 0.05) is 22.4 Å². The number of benzene rings is 2. The van der Waals surface area contributed by atoms with Crippen LogP contribution in [0.2, 0.25) is 0 Å². The number of nitrogens with zero attached hydrogens (tertiary/aromatic N) is 3. The standard InChI is InChI=1S/C28H23N3O7S2/c1-28(2)23(27(34)37-15-17-8-10-19(11-9-17)31(35)36)30-24(32)22(25(30)40-28)29-14-21(18-12-13-39-16-18)26(33)38-20-6-4-3-5-7-20/h3-13,16,22-23,25H,15H2,1-2H3/t22-,23+,25-/m1/s1. The van der Waals surface area contributed by atoms with E-state index in [2.05, 4.69) is 10.9 Å². The number of non-ortho nitro benzene ring substituents is 1. The number of fused-ring (bicyclic) bond motifs is 1. The highest BCUT2D eigenvalue weighted by Crippen LogP contribution is 2.52. The monoisotopic (exact) mass is 577 g/mol. The Morgan fingerprint density at radius 2 is 1.85 bits per heavy atom. The Kier molecular flexibility index (Phi) is 7.57. The van der Waals surface area contributed by atoms with Gasteiger partial charge in [0.2, 0.25) is 0 Å². The predicted octanol–water partition coefficient (Wildman–Crippen LogP) is 4.49. The zero-order valence-corrected chi connectivity index (χ0v) is 23.0. The molecule has 10 nitrogen and oxygen atoms in total. The van der Waals surface area contributed by atoms with E-state index < -0.39 is 39.1 Å². The van der Waals surface area contributed by atoms with Crippen LogP contribution in [-0.4, -0.2) is 55.7 Å². The van der Waals surface area contributed by atoms with Gasteiger partial charge in [-0.2, -0.15) is 11.3 Å². The van der Waals surface area contributed by atoms with Gasteiger partial charge in [0.25, 0.3) is 11.6 Å². The minimum absolute atomic E-state index is 0.0615. The molecular formula is C28H23N3O7S2. The molecule has 2 saturated heterocycles. The van der Waals surface area contributed by atoms with Crippen LogP contribution in [-0.2, 0) is 25.7 Å². The molecule has 3 heterocycles. The Balaban J connectivity index is 1.31. The Morgan fingerprint density at radius 1 is 1.12 bits per heavy atom. The maximum atomic E-state index is 13.2. The second-order valence-electron chi connectivity index (χ2n) is 9.57. The van der Waals surface area contributed by atoms with Crippen molar-refractivity contribution in [3.8, 4) is 5.75 Å². The van der Waals surface area contributed by atoms with Crippen molar-refractivity contribution in [2.24, 2.45) is 4.99 Å². The number of aliphatic imine (C=N–C) groups is 1. The number of β-lactam (4-membered cyclic amide) rings is 1. The summed E-state index contributed by atoms with van der Waals surface area (Å²) in [6.45, 7) is 3.62. The first-order valence-electron chi connectivity index (χ1n) is 12.2. The third-order valence-electron chi connectivity index (χ3n) is 6.45. The minimum atomic E-state index is -0.845. The molecular weight excluding hydrogens is 554 g/mol. The Bertz CT molecular complexity index is 1510. The molecule has 0 N–H and O–H groups in total. The molecule has 12 heteroatoms. The number of hydrogen-bond acceptors (Lipinski definition) is 10. The molecule has 0 radical (unpaired) electrons. The van der Waals surface area contributed by atoms with Crippen molar-refractivity contribution in [3.63, 3.8) is 0 Å². The van der Waals surface area contributed by atoms with Gasteiger partial charge in [-0.3, -0.25) is 14.9 Å². The zero-order valence-electron chi connectivity index (χ0n) is 21.4. The summed E-state index contributed by atoms with van der Waals surface area (Å²) in [7, 11) is 0. The minimum Gasteiger partial charge on any atom is -0.459 e. The van der Waals surface area contributed by atoms with E-state index in [9.17, 15) is 24.5 Å². The van der Waals surface area contributed by atoms with Crippen LogP contribution in [0.3, 0.4) is 0 Å². The van der Waals surface area contributed by atoms with Crippen molar-refractivity contribution in [2.45, 2.75) is 42.7 Å². The number of carbonyl (C=O) groups excluding carboxylic acids is 3. The number of nitro benzene ring substituents is 1. The van der Waals surface area contributed by atoms with Crippen molar-refractivity contribution in [2.75, 3.05) is 0 Å². The van der Waals surface area contributed by atoms with Crippen LogP contribution < -0.4 is 4.74 Å². The van der Waals surface area contributed by atoms with Crippen LogP contribution in [0, 0.1) is 10.1 Å². The van der Waals surface area contributed by atoms with Crippen LogP contribution in [0.1, 0.15) is 25.0 Å². The summed E-state index contributed by atoms with van der Waals surface area (Å²) in [5, 5.41) is 14.0. The summed E-state index contributed by atoms with van der Waals surface area (Å²) in [5.41, 5.74) is 1.20. The third kappa shape index (κ3) is 5.42. The molecule has 3 aromatic rings. The van der Waals surface area contributed by atoms with Crippen LogP contribution >= 0.6 is 23.1 Å². The van der Waals surface area contributed by atoms with Crippen LogP contribution in [0.15, 0.2) is 76.4 Å². The first kappa shape index (κ1) is 27.3. The number of hydrogen-bond donors (Lipinski definition) is 0.